The second kappa shape index (κ2) is 11.1. The number of alkyl halides is 6. The van der Waals surface area contributed by atoms with E-state index in [-0.39, 0.29) is 25.2 Å². The number of amides is 4. The molecule has 15 heteroatoms. The number of nitrogens with zero attached hydrogens (tertiary/aromatic N) is 2. The van der Waals surface area contributed by atoms with Gasteiger partial charge < -0.3 is 20.9 Å². The highest BCUT2D eigenvalue weighted by Gasteiger charge is 2.54. The molecule has 3 N–H and O–H groups in total. The fourth-order valence-corrected chi connectivity index (χ4v) is 5.19. The Bertz CT molecular complexity index is 1070. The highest BCUT2D eigenvalue weighted by molar-refractivity contribution is 5.94. The molecule has 6 atom stereocenters. The van der Waals surface area contributed by atoms with E-state index in [1.54, 1.807) is 23.5 Å². The molecule has 0 aromatic carbocycles. The molecule has 0 radical (unpaired) electrons. The van der Waals surface area contributed by atoms with Crippen LogP contribution in [0.2, 0.25) is 0 Å². The molecule has 3 aliphatic heterocycles. The number of carbonyl (C=O) groups excluding carboxylic acids is 4. The van der Waals surface area contributed by atoms with E-state index in [0.29, 0.717) is 11.3 Å². The third-order valence-electron chi connectivity index (χ3n) is 7.46. The number of allylic oxidation sites excluding steroid dienone is 1. The molecule has 0 unspecified atom stereocenters. The van der Waals surface area contributed by atoms with Crippen LogP contribution in [0.3, 0.4) is 0 Å². The van der Waals surface area contributed by atoms with Gasteiger partial charge in [0.05, 0.1) is 12.0 Å². The van der Waals surface area contributed by atoms with Gasteiger partial charge in [-0.3, -0.25) is 19.2 Å². The molecule has 3 rings (SSSR count). The SMILES string of the molecule is CC1(C)CC/C=C/[C@@H]2C[C@@H](C[C@@H](C#N)NC(=O)[C@@H]3C[C@@H](C(F)(F)F)CN3C(=O)[C@H]1NC(=O)C(F)(F)F)C(=O)N2. The summed E-state index contributed by atoms with van der Waals surface area (Å²) in [4.78, 5) is 51.5. The summed E-state index contributed by atoms with van der Waals surface area (Å²) in [7, 11) is 0. The first-order valence-corrected chi connectivity index (χ1v) is 12.4. The third-order valence-corrected chi connectivity index (χ3v) is 7.46. The van der Waals surface area contributed by atoms with Crippen LogP contribution in [0.1, 0.15) is 46.0 Å². The van der Waals surface area contributed by atoms with Crippen LogP contribution < -0.4 is 16.0 Å². The lowest BCUT2D eigenvalue weighted by Crippen LogP contribution is -2.60. The standard InChI is InChI=1S/C24H29F6N5O4/c1-22(2)6-4-3-5-14-7-12(18(36)32-14)8-15(10-31)33-19(37)16-9-13(23(25,26)27)11-35(16)20(38)17(22)34-21(39)24(28,29)30/h3,5,12-17H,4,6-9,11H2,1-2H3,(H,32,36)(H,33,37)(H,34,39)/b5-3+/t12-,13+,14+,15-,16-,17+/m0/s1. The van der Waals surface area contributed by atoms with Crippen LogP contribution in [0.4, 0.5) is 26.3 Å². The van der Waals surface area contributed by atoms with Gasteiger partial charge in [-0.25, -0.2) is 0 Å². The second-order valence-corrected chi connectivity index (χ2v) is 10.8. The molecule has 2 bridgehead atoms. The summed E-state index contributed by atoms with van der Waals surface area (Å²) in [6, 6.07) is -3.57. The van der Waals surface area contributed by atoms with Crippen molar-refractivity contribution in [2.75, 3.05) is 6.54 Å². The summed E-state index contributed by atoms with van der Waals surface area (Å²) >= 11 is 0. The normalized spacial score (nSPS) is 33.0. The van der Waals surface area contributed by atoms with E-state index in [1.807, 2.05) is 0 Å². The molecule has 9 nitrogen and oxygen atoms in total. The van der Waals surface area contributed by atoms with E-state index < -0.39 is 84.5 Å². The van der Waals surface area contributed by atoms with Gasteiger partial charge in [0.15, 0.2) is 0 Å². The first-order chi connectivity index (χ1) is 17.9. The van der Waals surface area contributed by atoms with Crippen molar-refractivity contribution < 1.29 is 45.5 Å². The lowest BCUT2D eigenvalue weighted by molar-refractivity contribution is -0.177. The lowest BCUT2D eigenvalue weighted by Gasteiger charge is -2.38. The smallest absolute Gasteiger partial charge is 0.350 e. The maximum Gasteiger partial charge on any atom is 0.471 e. The van der Waals surface area contributed by atoms with Gasteiger partial charge in [0.1, 0.15) is 18.1 Å². The van der Waals surface area contributed by atoms with Gasteiger partial charge >= 0.3 is 18.3 Å². The Labute approximate surface area is 220 Å². The Morgan fingerprint density at radius 3 is 2.33 bits per heavy atom. The number of fused-ring (bicyclic) bond motifs is 3. The van der Waals surface area contributed by atoms with Crippen LogP contribution in [-0.2, 0) is 19.2 Å². The number of halogens is 6. The molecule has 4 amide bonds. The molecular formula is C24H29F6N5O4. The predicted octanol–water partition coefficient (Wildman–Crippen LogP) is 2.09. The van der Waals surface area contributed by atoms with E-state index in [0.717, 1.165) is 0 Å². The quantitative estimate of drug-likeness (QED) is 0.331. The van der Waals surface area contributed by atoms with Crippen LogP contribution in [0, 0.1) is 28.6 Å². The Kier molecular flexibility index (Phi) is 8.57. The molecular weight excluding hydrogens is 536 g/mol. The number of nitriles is 1. The molecule has 0 saturated carbocycles. The number of rotatable bonds is 1. The largest absolute Gasteiger partial charge is 0.471 e. The van der Waals surface area contributed by atoms with E-state index in [2.05, 4.69) is 10.6 Å². The molecule has 3 heterocycles. The number of hydrogen-bond acceptors (Lipinski definition) is 5. The number of carbonyl (C=O) groups is 4. The summed E-state index contributed by atoms with van der Waals surface area (Å²) in [5.41, 5.74) is -1.40. The van der Waals surface area contributed by atoms with Crippen LogP contribution in [0.15, 0.2) is 12.2 Å². The van der Waals surface area contributed by atoms with Gasteiger partial charge in [-0.05, 0) is 37.5 Å². The first-order valence-electron chi connectivity index (χ1n) is 12.4. The molecule has 39 heavy (non-hydrogen) atoms. The zero-order valence-electron chi connectivity index (χ0n) is 21.2. The van der Waals surface area contributed by atoms with Gasteiger partial charge in [-0.1, -0.05) is 26.0 Å². The van der Waals surface area contributed by atoms with E-state index >= 15 is 0 Å². The minimum atomic E-state index is -5.38. The van der Waals surface area contributed by atoms with E-state index in [1.165, 1.54) is 13.8 Å². The van der Waals surface area contributed by atoms with Crippen molar-refractivity contribution in [3.05, 3.63) is 12.2 Å². The van der Waals surface area contributed by atoms with Crippen molar-refractivity contribution >= 4 is 23.6 Å². The molecule has 0 aromatic rings. The Hall–Kier alpha value is -3.31. The first kappa shape index (κ1) is 30.2. The predicted molar refractivity (Wildman–Crippen MR) is 122 cm³/mol. The molecule has 216 valence electrons. The van der Waals surface area contributed by atoms with Gasteiger partial charge in [0.25, 0.3) is 0 Å². The average Bonchev–Trinajstić information content (AvgIpc) is 3.42. The van der Waals surface area contributed by atoms with Gasteiger partial charge in [-0.2, -0.15) is 31.6 Å². The highest BCUT2D eigenvalue weighted by atomic mass is 19.4. The molecule has 0 aliphatic carbocycles. The van der Waals surface area contributed by atoms with E-state index in [4.69, 9.17) is 0 Å². The van der Waals surface area contributed by atoms with Gasteiger partial charge in [0, 0.05) is 18.5 Å². The third kappa shape index (κ3) is 7.02. The average molecular weight is 566 g/mol. The molecule has 2 fully saturated rings. The van der Waals surface area contributed by atoms with Gasteiger partial charge in [-0.15, -0.1) is 0 Å². The molecule has 2 saturated heterocycles. The highest BCUT2D eigenvalue weighted by Crippen LogP contribution is 2.39. The van der Waals surface area contributed by atoms with Crippen LogP contribution in [-0.4, -0.2) is 71.6 Å². The number of nitrogens with one attached hydrogen (secondary N) is 3. The summed E-state index contributed by atoms with van der Waals surface area (Å²) in [6.07, 6.45) is -7.38. The number of hydrogen-bond donors (Lipinski definition) is 3. The molecule has 3 aliphatic rings. The Morgan fingerprint density at radius 1 is 1.08 bits per heavy atom. The van der Waals surface area contributed by atoms with Gasteiger partial charge in [0.2, 0.25) is 17.7 Å². The second-order valence-electron chi connectivity index (χ2n) is 10.8. The fraction of sp³-hybridized carbons (Fsp3) is 0.708. The molecule has 0 aromatic heterocycles. The zero-order valence-corrected chi connectivity index (χ0v) is 21.2. The molecule has 0 spiro atoms. The van der Waals surface area contributed by atoms with E-state index in [9.17, 15) is 50.8 Å². The van der Waals surface area contributed by atoms with Crippen molar-refractivity contribution in [1.29, 1.82) is 5.26 Å². The maximum absolute atomic E-state index is 13.7. The Morgan fingerprint density at radius 2 is 1.74 bits per heavy atom. The minimum Gasteiger partial charge on any atom is -0.350 e. The van der Waals surface area contributed by atoms with Crippen molar-refractivity contribution in [3.63, 3.8) is 0 Å². The van der Waals surface area contributed by atoms with Crippen molar-refractivity contribution in [2.45, 2.75) is 82.5 Å². The summed E-state index contributed by atoms with van der Waals surface area (Å²) in [5, 5.41) is 16.2. The maximum atomic E-state index is 13.7. The van der Waals surface area contributed by atoms with Crippen molar-refractivity contribution in [1.82, 2.24) is 20.9 Å². The fourth-order valence-electron chi connectivity index (χ4n) is 5.19. The van der Waals surface area contributed by atoms with Crippen molar-refractivity contribution in [3.8, 4) is 6.07 Å². The monoisotopic (exact) mass is 565 g/mol. The lowest BCUT2D eigenvalue weighted by atomic mass is 9.79. The summed E-state index contributed by atoms with van der Waals surface area (Å²) < 4.78 is 80.4. The van der Waals surface area contributed by atoms with Crippen LogP contribution in [0.5, 0.6) is 0 Å². The summed E-state index contributed by atoms with van der Waals surface area (Å²) in [5.74, 6) is -8.01. The van der Waals surface area contributed by atoms with Crippen LogP contribution in [0.25, 0.3) is 0 Å². The Balaban J connectivity index is 2.04. The topological polar surface area (TPSA) is 131 Å². The van der Waals surface area contributed by atoms with Crippen LogP contribution >= 0.6 is 0 Å². The van der Waals surface area contributed by atoms with Crippen molar-refractivity contribution in [2.24, 2.45) is 17.3 Å². The minimum absolute atomic E-state index is 0.0338. The zero-order chi connectivity index (χ0) is 29.3. The summed E-state index contributed by atoms with van der Waals surface area (Å²) in [6.45, 7) is 1.75.